The Balaban J connectivity index is 2.36. The first-order valence-electron chi connectivity index (χ1n) is 8.54. The van der Waals surface area contributed by atoms with Gasteiger partial charge in [-0.15, -0.1) is 0 Å². The van der Waals surface area contributed by atoms with Gasteiger partial charge in [-0.25, -0.2) is 0 Å². The highest BCUT2D eigenvalue weighted by molar-refractivity contribution is 6.08. The fraction of sp³-hybridized carbons (Fsp3) is 0.190. The van der Waals surface area contributed by atoms with E-state index in [9.17, 15) is 14.9 Å². The topological polar surface area (TPSA) is 99.2 Å². The summed E-state index contributed by atoms with van der Waals surface area (Å²) in [5.41, 5.74) is 9.13. The molecule has 0 radical (unpaired) electrons. The van der Waals surface area contributed by atoms with Crippen LogP contribution in [0.1, 0.15) is 25.0 Å². The van der Waals surface area contributed by atoms with Gasteiger partial charge in [-0.2, -0.15) is 5.26 Å². The summed E-state index contributed by atoms with van der Waals surface area (Å²) < 4.78 is 0. The minimum atomic E-state index is -0.566. The van der Waals surface area contributed by atoms with E-state index in [2.05, 4.69) is 5.32 Å². The summed E-state index contributed by atoms with van der Waals surface area (Å²) >= 11 is 0. The number of para-hydroxylation sites is 1. The highest BCUT2D eigenvalue weighted by atomic mass is 16.2. The quantitative estimate of drug-likeness (QED) is 0.483. The number of carbonyl (C=O) groups is 2. The lowest BCUT2D eigenvalue weighted by Crippen LogP contribution is -2.25. The van der Waals surface area contributed by atoms with Gasteiger partial charge in [-0.1, -0.05) is 25.1 Å². The third-order valence-corrected chi connectivity index (χ3v) is 4.11. The summed E-state index contributed by atoms with van der Waals surface area (Å²) in [6.45, 7) is 5.24. The molecule has 6 heteroatoms. The number of carbonyl (C=O) groups excluding carboxylic acids is 2. The lowest BCUT2D eigenvalue weighted by Gasteiger charge is -2.18. The van der Waals surface area contributed by atoms with E-state index in [1.807, 2.05) is 38.1 Å². The average Bonchev–Trinajstić information content (AvgIpc) is 2.65. The molecule has 2 aromatic carbocycles. The summed E-state index contributed by atoms with van der Waals surface area (Å²) in [5.74, 6) is -0.895. The van der Waals surface area contributed by atoms with E-state index >= 15 is 0 Å². The molecule has 0 fully saturated rings. The number of rotatable bonds is 5. The first kappa shape index (κ1) is 19.7. The maximum absolute atomic E-state index is 12.6. The van der Waals surface area contributed by atoms with Crippen LogP contribution in [0.15, 0.2) is 54.2 Å². The Morgan fingerprint density at radius 3 is 2.44 bits per heavy atom. The minimum Gasteiger partial charge on any atom is -0.399 e. The zero-order valence-electron chi connectivity index (χ0n) is 15.6. The van der Waals surface area contributed by atoms with E-state index in [4.69, 9.17) is 5.73 Å². The van der Waals surface area contributed by atoms with Crippen molar-refractivity contribution in [2.24, 2.45) is 0 Å². The second kappa shape index (κ2) is 8.68. The van der Waals surface area contributed by atoms with Gasteiger partial charge in [0.25, 0.3) is 5.91 Å². The van der Waals surface area contributed by atoms with Crippen LogP contribution in [0.25, 0.3) is 0 Å². The molecule has 3 N–H and O–H groups in total. The highest BCUT2D eigenvalue weighted by Crippen LogP contribution is 2.22. The summed E-state index contributed by atoms with van der Waals surface area (Å²) in [6, 6.07) is 14.2. The van der Waals surface area contributed by atoms with Crippen molar-refractivity contribution < 1.29 is 9.59 Å². The molecule has 0 saturated heterocycles. The molecule has 0 aliphatic carbocycles. The van der Waals surface area contributed by atoms with Crippen LogP contribution in [-0.2, 0) is 16.0 Å². The Hall–Kier alpha value is -3.59. The lowest BCUT2D eigenvalue weighted by molar-refractivity contribution is -0.116. The van der Waals surface area contributed by atoms with E-state index < -0.39 is 5.91 Å². The summed E-state index contributed by atoms with van der Waals surface area (Å²) in [7, 11) is 0. The molecule has 6 nitrogen and oxygen atoms in total. The average molecular weight is 362 g/mol. The number of benzene rings is 2. The van der Waals surface area contributed by atoms with Gasteiger partial charge in [0.1, 0.15) is 11.6 Å². The van der Waals surface area contributed by atoms with Crippen molar-refractivity contribution >= 4 is 28.9 Å². The van der Waals surface area contributed by atoms with Crippen molar-refractivity contribution in [2.75, 3.05) is 16.0 Å². The fourth-order valence-corrected chi connectivity index (χ4v) is 2.63. The van der Waals surface area contributed by atoms with Crippen LogP contribution < -0.4 is 16.0 Å². The Morgan fingerprint density at radius 1 is 1.22 bits per heavy atom. The molecule has 2 amide bonds. The molecule has 138 valence electrons. The molecule has 2 rings (SSSR count). The number of nitrogens with zero attached hydrogens (tertiary/aromatic N) is 2. The molecular weight excluding hydrogens is 340 g/mol. The third-order valence-electron chi connectivity index (χ3n) is 4.11. The molecule has 0 unspecified atom stereocenters. The molecule has 0 aromatic heterocycles. The molecule has 2 aromatic rings. The Kier molecular flexibility index (Phi) is 6.34. The highest BCUT2D eigenvalue weighted by Gasteiger charge is 2.17. The molecule has 27 heavy (non-hydrogen) atoms. The van der Waals surface area contributed by atoms with Crippen LogP contribution in [0, 0.1) is 18.3 Å². The fourth-order valence-electron chi connectivity index (χ4n) is 2.63. The van der Waals surface area contributed by atoms with E-state index in [-0.39, 0.29) is 11.5 Å². The van der Waals surface area contributed by atoms with Crippen molar-refractivity contribution in [1.82, 2.24) is 0 Å². The number of anilines is 3. The Bertz CT molecular complexity index is 924. The number of hydrogen-bond donors (Lipinski definition) is 2. The van der Waals surface area contributed by atoms with Crippen molar-refractivity contribution in [2.45, 2.75) is 27.2 Å². The molecule has 0 aliphatic heterocycles. The van der Waals surface area contributed by atoms with Crippen LogP contribution in [0.3, 0.4) is 0 Å². The minimum absolute atomic E-state index is 0.174. The first-order valence-corrected chi connectivity index (χ1v) is 8.54. The lowest BCUT2D eigenvalue weighted by atomic mass is 10.1. The van der Waals surface area contributed by atoms with Crippen LogP contribution >= 0.6 is 0 Å². The summed E-state index contributed by atoms with van der Waals surface area (Å²) in [5, 5.41) is 12.3. The standard InChI is InChI=1S/C21H22N4O2/c1-4-16-7-5-6-14(2)20(16)24-21(27)17(12-22)13-25(15(3)26)19-10-8-18(23)9-11-19/h5-11,13H,4,23H2,1-3H3,(H,24,27)/b17-13-. The molecule has 0 spiro atoms. The van der Waals surface area contributed by atoms with Gasteiger partial charge in [0.05, 0.1) is 0 Å². The van der Waals surface area contributed by atoms with Crippen LogP contribution in [0.2, 0.25) is 0 Å². The molecule has 0 bridgehead atoms. The SMILES string of the molecule is CCc1cccc(C)c1NC(=O)/C(C#N)=C\N(C(C)=O)c1ccc(N)cc1. The van der Waals surface area contributed by atoms with Gasteiger partial charge in [-0.05, 0) is 48.7 Å². The number of nitrogens with two attached hydrogens (primary N) is 1. The molecule has 0 aliphatic rings. The van der Waals surface area contributed by atoms with Gasteiger partial charge in [0.15, 0.2) is 0 Å². The van der Waals surface area contributed by atoms with Gasteiger partial charge in [0.2, 0.25) is 5.91 Å². The van der Waals surface area contributed by atoms with E-state index in [1.54, 1.807) is 24.3 Å². The van der Waals surface area contributed by atoms with Crippen molar-refractivity contribution in [3.8, 4) is 6.07 Å². The van der Waals surface area contributed by atoms with E-state index in [1.165, 1.54) is 18.0 Å². The Labute approximate surface area is 158 Å². The first-order chi connectivity index (χ1) is 12.9. The second-order valence-corrected chi connectivity index (χ2v) is 6.05. The second-order valence-electron chi connectivity index (χ2n) is 6.05. The molecule has 0 atom stereocenters. The maximum Gasteiger partial charge on any atom is 0.267 e. The number of nitrogens with one attached hydrogen (secondary N) is 1. The van der Waals surface area contributed by atoms with Crippen LogP contribution in [0.5, 0.6) is 0 Å². The smallest absolute Gasteiger partial charge is 0.267 e. The number of aryl methyl sites for hydroxylation is 2. The largest absolute Gasteiger partial charge is 0.399 e. The van der Waals surface area contributed by atoms with Gasteiger partial charge < -0.3 is 11.1 Å². The van der Waals surface area contributed by atoms with Crippen molar-refractivity contribution in [3.05, 3.63) is 65.4 Å². The number of hydrogen-bond acceptors (Lipinski definition) is 4. The number of nitriles is 1. The molecule has 0 heterocycles. The van der Waals surface area contributed by atoms with Crippen LogP contribution in [0.4, 0.5) is 17.1 Å². The van der Waals surface area contributed by atoms with Gasteiger partial charge in [0, 0.05) is 30.2 Å². The third kappa shape index (κ3) is 4.73. The number of amides is 2. The summed E-state index contributed by atoms with van der Waals surface area (Å²) in [4.78, 5) is 25.9. The predicted molar refractivity (Wildman–Crippen MR) is 107 cm³/mol. The van der Waals surface area contributed by atoms with Gasteiger partial charge in [-0.3, -0.25) is 14.5 Å². The summed E-state index contributed by atoms with van der Waals surface area (Å²) in [6.07, 6.45) is 1.99. The van der Waals surface area contributed by atoms with Crippen molar-refractivity contribution in [3.63, 3.8) is 0 Å². The van der Waals surface area contributed by atoms with Crippen LogP contribution in [-0.4, -0.2) is 11.8 Å². The Morgan fingerprint density at radius 2 is 1.89 bits per heavy atom. The maximum atomic E-state index is 12.6. The zero-order valence-corrected chi connectivity index (χ0v) is 15.6. The zero-order chi connectivity index (χ0) is 20.0. The van der Waals surface area contributed by atoms with E-state index in [0.29, 0.717) is 17.1 Å². The monoisotopic (exact) mass is 362 g/mol. The molecular formula is C21H22N4O2. The van der Waals surface area contributed by atoms with E-state index in [0.717, 1.165) is 17.5 Å². The number of nitrogen functional groups attached to an aromatic ring is 1. The predicted octanol–water partition coefficient (Wildman–Crippen LogP) is 3.54. The van der Waals surface area contributed by atoms with Gasteiger partial charge >= 0.3 is 0 Å². The normalized spacial score (nSPS) is 10.8. The molecule has 0 saturated carbocycles. The van der Waals surface area contributed by atoms with Crippen molar-refractivity contribution in [1.29, 1.82) is 5.26 Å².